The number of nitrogens with zero attached hydrogens (tertiary/aromatic N) is 2. The van der Waals surface area contributed by atoms with Crippen molar-refractivity contribution in [2.75, 3.05) is 5.32 Å². The number of carbonyl (C=O) groups is 2. The van der Waals surface area contributed by atoms with Crippen LogP contribution in [0.2, 0.25) is 5.02 Å². The van der Waals surface area contributed by atoms with Crippen LogP contribution in [0.15, 0.2) is 27.3 Å². The molecule has 0 saturated carbocycles. The van der Waals surface area contributed by atoms with Gasteiger partial charge in [-0.1, -0.05) is 17.7 Å². The van der Waals surface area contributed by atoms with Gasteiger partial charge in [0.1, 0.15) is 4.60 Å². The van der Waals surface area contributed by atoms with E-state index in [2.05, 4.69) is 42.3 Å². The fourth-order valence-corrected chi connectivity index (χ4v) is 2.86. The van der Waals surface area contributed by atoms with E-state index in [-0.39, 0.29) is 11.6 Å². The molecule has 0 bridgehead atoms. The summed E-state index contributed by atoms with van der Waals surface area (Å²) >= 11 is 12.5. The van der Waals surface area contributed by atoms with E-state index in [4.69, 9.17) is 11.6 Å². The lowest BCUT2D eigenvalue weighted by atomic mass is 10.2. The molecule has 1 heterocycles. The molecule has 0 saturated heterocycles. The highest BCUT2D eigenvalue weighted by molar-refractivity contribution is 9.13. The average Bonchev–Trinajstić information content (AvgIpc) is 2.70. The molecule has 1 N–H and O–H groups in total. The van der Waals surface area contributed by atoms with E-state index >= 15 is 0 Å². The van der Waals surface area contributed by atoms with Gasteiger partial charge in [-0.15, -0.1) is 0 Å². The van der Waals surface area contributed by atoms with E-state index in [0.29, 0.717) is 19.8 Å². The number of anilines is 1. The molecule has 1 aromatic carbocycles. The number of carbonyl (C=O) groups excluding carboxylic acids is 2. The van der Waals surface area contributed by atoms with Gasteiger partial charge >= 0.3 is 0 Å². The van der Waals surface area contributed by atoms with Crippen LogP contribution in [0.4, 0.5) is 5.69 Å². The lowest BCUT2D eigenvalue weighted by molar-refractivity contribution is 0.0917. The first-order valence-corrected chi connectivity index (χ1v) is 7.80. The summed E-state index contributed by atoms with van der Waals surface area (Å²) in [6, 6.07) is 5.29. The summed E-state index contributed by atoms with van der Waals surface area (Å²) in [7, 11) is 0. The molecule has 8 heteroatoms. The molecule has 1 aromatic heterocycles. The summed E-state index contributed by atoms with van der Waals surface area (Å²) in [5.41, 5.74) is 1.56. The zero-order valence-electron chi connectivity index (χ0n) is 11.1. The Morgan fingerprint density at radius 2 is 2.00 bits per heavy atom. The van der Waals surface area contributed by atoms with Gasteiger partial charge in [-0.05, 0) is 56.5 Å². The van der Waals surface area contributed by atoms with Crippen LogP contribution in [0.3, 0.4) is 0 Å². The normalized spacial score (nSPS) is 10.5. The van der Waals surface area contributed by atoms with E-state index in [0.717, 1.165) is 10.2 Å². The molecule has 2 rings (SSSR count). The maximum absolute atomic E-state index is 12.3. The van der Waals surface area contributed by atoms with Crippen molar-refractivity contribution >= 4 is 61.0 Å². The Hall–Kier alpha value is -1.18. The Morgan fingerprint density at radius 3 is 2.52 bits per heavy atom. The molecular formula is C13H10Br2ClN3O2. The third-order valence-electron chi connectivity index (χ3n) is 2.66. The zero-order chi connectivity index (χ0) is 15.7. The second-order valence-electron chi connectivity index (χ2n) is 4.32. The predicted molar refractivity (Wildman–Crippen MR) is 88.1 cm³/mol. The Bertz CT molecular complexity index is 743. The van der Waals surface area contributed by atoms with E-state index in [1.54, 1.807) is 12.1 Å². The van der Waals surface area contributed by atoms with Gasteiger partial charge in [-0.2, -0.15) is 9.78 Å². The first-order valence-electron chi connectivity index (χ1n) is 5.83. The van der Waals surface area contributed by atoms with Crippen LogP contribution in [0.25, 0.3) is 0 Å². The summed E-state index contributed by atoms with van der Waals surface area (Å²) in [5.74, 6) is -0.775. The van der Waals surface area contributed by atoms with Crippen LogP contribution in [0.5, 0.6) is 0 Å². The number of aryl methyl sites for hydroxylation is 1. The van der Waals surface area contributed by atoms with Crippen LogP contribution in [0, 0.1) is 6.92 Å². The molecule has 0 atom stereocenters. The largest absolute Gasteiger partial charge is 0.319 e. The van der Waals surface area contributed by atoms with E-state index < -0.39 is 5.91 Å². The van der Waals surface area contributed by atoms with Gasteiger partial charge in [0.15, 0.2) is 5.69 Å². The van der Waals surface area contributed by atoms with Crippen molar-refractivity contribution in [3.05, 3.63) is 43.6 Å². The van der Waals surface area contributed by atoms with Crippen molar-refractivity contribution in [3.8, 4) is 0 Å². The standard InChI is InChI=1S/C13H10Br2ClN3O2/c1-6-3-4-9(8(16)5-6)17-13(21)11-10(14)12(15)19(18-11)7(2)20/h3-5H,1-2H3,(H,17,21). The molecule has 110 valence electrons. The maximum Gasteiger partial charge on any atom is 0.277 e. The monoisotopic (exact) mass is 433 g/mol. The highest BCUT2D eigenvalue weighted by atomic mass is 79.9. The predicted octanol–water partition coefficient (Wildman–Crippen LogP) is 4.28. The van der Waals surface area contributed by atoms with E-state index in [9.17, 15) is 9.59 Å². The zero-order valence-corrected chi connectivity index (χ0v) is 15.0. The quantitative estimate of drug-likeness (QED) is 0.766. The van der Waals surface area contributed by atoms with Gasteiger partial charge in [-0.25, -0.2) is 0 Å². The summed E-state index contributed by atoms with van der Waals surface area (Å²) in [6.07, 6.45) is 0. The minimum Gasteiger partial charge on any atom is -0.319 e. The number of hydrogen-bond acceptors (Lipinski definition) is 3. The molecule has 2 aromatic rings. The van der Waals surface area contributed by atoms with Crippen LogP contribution in [0.1, 0.15) is 27.8 Å². The van der Waals surface area contributed by atoms with Crippen LogP contribution in [-0.2, 0) is 0 Å². The third-order valence-corrected chi connectivity index (χ3v) is 4.99. The molecule has 1 amide bonds. The Balaban J connectivity index is 2.33. The van der Waals surface area contributed by atoms with Crippen molar-refractivity contribution in [2.45, 2.75) is 13.8 Å². The fraction of sp³-hybridized carbons (Fsp3) is 0.154. The molecule has 0 aliphatic rings. The maximum atomic E-state index is 12.3. The Kier molecular flexibility index (Phi) is 4.85. The molecular weight excluding hydrogens is 425 g/mol. The van der Waals surface area contributed by atoms with Gasteiger partial charge in [0, 0.05) is 6.92 Å². The summed E-state index contributed by atoms with van der Waals surface area (Å²) < 4.78 is 1.88. The molecule has 21 heavy (non-hydrogen) atoms. The van der Waals surface area contributed by atoms with Gasteiger partial charge in [-0.3, -0.25) is 9.59 Å². The number of aromatic nitrogens is 2. The molecule has 5 nitrogen and oxygen atoms in total. The number of hydrogen-bond donors (Lipinski definition) is 1. The number of benzene rings is 1. The average molecular weight is 436 g/mol. The topological polar surface area (TPSA) is 64.0 Å². The van der Waals surface area contributed by atoms with Crippen molar-refractivity contribution in [1.29, 1.82) is 0 Å². The minimum absolute atomic E-state index is 0.0914. The highest BCUT2D eigenvalue weighted by Gasteiger charge is 2.22. The van der Waals surface area contributed by atoms with Crippen LogP contribution in [-0.4, -0.2) is 21.6 Å². The summed E-state index contributed by atoms with van der Waals surface area (Å²) in [5, 5.41) is 7.07. The van der Waals surface area contributed by atoms with Gasteiger partial charge in [0.05, 0.1) is 15.2 Å². The lowest BCUT2D eigenvalue weighted by Crippen LogP contribution is -2.15. The highest BCUT2D eigenvalue weighted by Crippen LogP contribution is 2.28. The van der Waals surface area contributed by atoms with Gasteiger partial charge < -0.3 is 5.32 Å². The van der Waals surface area contributed by atoms with Crippen LogP contribution < -0.4 is 5.32 Å². The Morgan fingerprint density at radius 1 is 1.33 bits per heavy atom. The molecule has 0 spiro atoms. The number of amides is 1. The second kappa shape index (κ2) is 6.29. The molecule has 0 radical (unpaired) electrons. The third kappa shape index (κ3) is 3.36. The minimum atomic E-state index is -0.465. The SMILES string of the molecule is CC(=O)n1nc(C(=O)Nc2ccc(C)cc2Cl)c(Br)c1Br. The Labute approximate surface area is 142 Å². The van der Waals surface area contributed by atoms with Gasteiger partial charge in [0.25, 0.3) is 5.91 Å². The number of halogens is 3. The molecule has 0 aliphatic heterocycles. The van der Waals surface area contributed by atoms with Crippen molar-refractivity contribution in [1.82, 2.24) is 9.78 Å². The van der Waals surface area contributed by atoms with Crippen LogP contribution >= 0.6 is 43.5 Å². The van der Waals surface area contributed by atoms with Crippen molar-refractivity contribution in [2.24, 2.45) is 0 Å². The van der Waals surface area contributed by atoms with Gasteiger partial charge in [0.2, 0.25) is 5.91 Å². The first-order chi connectivity index (χ1) is 9.81. The number of rotatable bonds is 2. The van der Waals surface area contributed by atoms with E-state index in [1.165, 1.54) is 6.92 Å². The number of nitrogens with one attached hydrogen (secondary N) is 1. The molecule has 0 unspecified atom stereocenters. The van der Waals surface area contributed by atoms with Crippen molar-refractivity contribution < 1.29 is 9.59 Å². The fourth-order valence-electron chi connectivity index (χ4n) is 1.64. The smallest absolute Gasteiger partial charge is 0.277 e. The first kappa shape index (κ1) is 16.2. The van der Waals surface area contributed by atoms with Crippen molar-refractivity contribution in [3.63, 3.8) is 0 Å². The molecule has 0 aliphatic carbocycles. The summed E-state index contributed by atoms with van der Waals surface area (Å²) in [4.78, 5) is 23.7. The lowest BCUT2D eigenvalue weighted by Gasteiger charge is -2.06. The molecule has 0 fully saturated rings. The summed E-state index contributed by atoms with van der Waals surface area (Å²) in [6.45, 7) is 3.25. The second-order valence-corrected chi connectivity index (χ2v) is 6.27. The van der Waals surface area contributed by atoms with E-state index in [1.807, 2.05) is 13.0 Å².